The van der Waals surface area contributed by atoms with Gasteiger partial charge in [-0.3, -0.25) is 0 Å². The van der Waals surface area contributed by atoms with Gasteiger partial charge in [0.1, 0.15) is 5.82 Å². The van der Waals surface area contributed by atoms with Crippen molar-refractivity contribution in [2.75, 3.05) is 19.6 Å². The van der Waals surface area contributed by atoms with Gasteiger partial charge in [-0.15, -0.1) is 0 Å². The van der Waals surface area contributed by atoms with Crippen LogP contribution in [0.4, 0.5) is 4.39 Å². The Morgan fingerprint density at radius 1 is 1.40 bits per heavy atom. The highest BCUT2D eigenvalue weighted by Gasteiger charge is 2.24. The van der Waals surface area contributed by atoms with Gasteiger partial charge in [0.2, 0.25) is 0 Å². The zero-order valence-corrected chi connectivity index (χ0v) is 13.3. The lowest BCUT2D eigenvalue weighted by Crippen LogP contribution is -2.31. The van der Waals surface area contributed by atoms with Gasteiger partial charge in [-0.25, -0.2) is 4.39 Å². The minimum absolute atomic E-state index is 0.196. The maximum atomic E-state index is 13.2. The molecule has 2 unspecified atom stereocenters. The van der Waals surface area contributed by atoms with E-state index < -0.39 is 0 Å². The summed E-state index contributed by atoms with van der Waals surface area (Å²) in [6, 6.07) is 5.78. The van der Waals surface area contributed by atoms with E-state index in [4.69, 9.17) is 11.6 Å². The van der Waals surface area contributed by atoms with Crippen LogP contribution in [0.25, 0.3) is 0 Å². The predicted octanol–water partition coefficient (Wildman–Crippen LogP) is 3.86. The summed E-state index contributed by atoms with van der Waals surface area (Å²) in [7, 11) is 0. The number of nitrogens with one attached hydrogen (secondary N) is 1. The van der Waals surface area contributed by atoms with E-state index in [9.17, 15) is 4.39 Å². The molecule has 2 rings (SSSR count). The fourth-order valence-corrected chi connectivity index (χ4v) is 2.93. The summed E-state index contributed by atoms with van der Waals surface area (Å²) in [6.07, 6.45) is 1.25. The SMILES string of the molecule is CC(NCC1CCN(C(C)C)C1)c1ccc(F)c(Cl)c1. The summed E-state index contributed by atoms with van der Waals surface area (Å²) in [5, 5.41) is 3.74. The van der Waals surface area contributed by atoms with Crippen molar-refractivity contribution in [3.05, 3.63) is 34.6 Å². The normalized spacial score (nSPS) is 21.6. The molecule has 1 aromatic rings. The average molecular weight is 299 g/mol. The van der Waals surface area contributed by atoms with Crippen molar-refractivity contribution in [3.63, 3.8) is 0 Å². The molecule has 2 nitrogen and oxygen atoms in total. The molecule has 0 spiro atoms. The third-order valence-corrected chi connectivity index (χ3v) is 4.49. The molecule has 0 aliphatic carbocycles. The molecule has 4 heteroatoms. The fraction of sp³-hybridized carbons (Fsp3) is 0.625. The van der Waals surface area contributed by atoms with Crippen LogP contribution in [0.2, 0.25) is 5.02 Å². The van der Waals surface area contributed by atoms with Crippen molar-refractivity contribution in [1.82, 2.24) is 10.2 Å². The van der Waals surface area contributed by atoms with Crippen LogP contribution in [0, 0.1) is 11.7 Å². The molecular formula is C16H24ClFN2. The highest BCUT2D eigenvalue weighted by atomic mass is 35.5. The molecule has 0 amide bonds. The van der Waals surface area contributed by atoms with Gasteiger partial charge in [-0.2, -0.15) is 0 Å². The highest BCUT2D eigenvalue weighted by molar-refractivity contribution is 6.30. The van der Waals surface area contributed by atoms with Crippen molar-refractivity contribution < 1.29 is 4.39 Å². The van der Waals surface area contributed by atoms with Crippen LogP contribution in [0.1, 0.15) is 38.8 Å². The molecule has 20 heavy (non-hydrogen) atoms. The number of hydrogen-bond acceptors (Lipinski definition) is 2. The number of halogens is 2. The number of hydrogen-bond donors (Lipinski definition) is 1. The molecular weight excluding hydrogens is 275 g/mol. The van der Waals surface area contributed by atoms with E-state index in [0.29, 0.717) is 12.0 Å². The van der Waals surface area contributed by atoms with E-state index in [1.54, 1.807) is 12.1 Å². The molecule has 0 radical (unpaired) electrons. The second-order valence-electron chi connectivity index (χ2n) is 6.05. The molecule has 1 heterocycles. The number of benzene rings is 1. The lowest BCUT2D eigenvalue weighted by atomic mass is 10.1. The maximum Gasteiger partial charge on any atom is 0.141 e. The van der Waals surface area contributed by atoms with E-state index in [1.807, 2.05) is 0 Å². The number of rotatable bonds is 5. The minimum atomic E-state index is -0.356. The van der Waals surface area contributed by atoms with Crippen molar-refractivity contribution in [3.8, 4) is 0 Å². The Kier molecular flexibility index (Phi) is 5.42. The quantitative estimate of drug-likeness (QED) is 0.888. The molecule has 0 aromatic heterocycles. The number of nitrogens with zero attached hydrogens (tertiary/aromatic N) is 1. The largest absolute Gasteiger partial charge is 0.310 e. The fourth-order valence-electron chi connectivity index (χ4n) is 2.74. The van der Waals surface area contributed by atoms with Crippen LogP contribution in [0.5, 0.6) is 0 Å². The van der Waals surface area contributed by atoms with Crippen molar-refractivity contribution in [2.24, 2.45) is 5.92 Å². The molecule has 112 valence electrons. The van der Waals surface area contributed by atoms with Crippen LogP contribution >= 0.6 is 11.6 Å². The summed E-state index contributed by atoms with van der Waals surface area (Å²) in [5.74, 6) is 0.349. The second-order valence-corrected chi connectivity index (χ2v) is 6.45. The topological polar surface area (TPSA) is 15.3 Å². The van der Waals surface area contributed by atoms with Crippen LogP contribution < -0.4 is 5.32 Å². The summed E-state index contributed by atoms with van der Waals surface area (Å²) in [5.41, 5.74) is 1.04. The van der Waals surface area contributed by atoms with Gasteiger partial charge in [0.25, 0.3) is 0 Å². The molecule has 0 saturated carbocycles. The first-order valence-corrected chi connectivity index (χ1v) is 7.77. The lowest BCUT2D eigenvalue weighted by molar-refractivity contribution is 0.263. The zero-order valence-electron chi connectivity index (χ0n) is 12.5. The summed E-state index contributed by atoms with van der Waals surface area (Å²) in [6.45, 7) is 9.96. The lowest BCUT2D eigenvalue weighted by Gasteiger charge is -2.21. The third-order valence-electron chi connectivity index (χ3n) is 4.20. The van der Waals surface area contributed by atoms with Crippen LogP contribution in [0.3, 0.4) is 0 Å². The Morgan fingerprint density at radius 3 is 2.75 bits per heavy atom. The smallest absolute Gasteiger partial charge is 0.141 e. The zero-order chi connectivity index (χ0) is 14.7. The van der Waals surface area contributed by atoms with E-state index >= 15 is 0 Å². The van der Waals surface area contributed by atoms with Crippen LogP contribution in [-0.2, 0) is 0 Å². The van der Waals surface area contributed by atoms with E-state index in [1.165, 1.54) is 25.6 Å². The van der Waals surface area contributed by atoms with Gasteiger partial charge >= 0.3 is 0 Å². The molecule has 0 bridgehead atoms. The van der Waals surface area contributed by atoms with E-state index in [2.05, 4.69) is 31.0 Å². The Bertz CT molecular complexity index is 450. The first kappa shape index (κ1) is 15.7. The van der Waals surface area contributed by atoms with Gasteiger partial charge in [-0.05, 0) is 63.9 Å². The third kappa shape index (κ3) is 3.94. The Labute approximate surface area is 126 Å². The Morgan fingerprint density at radius 2 is 2.15 bits per heavy atom. The van der Waals surface area contributed by atoms with Gasteiger partial charge < -0.3 is 10.2 Å². The van der Waals surface area contributed by atoms with E-state index in [-0.39, 0.29) is 16.9 Å². The van der Waals surface area contributed by atoms with Crippen LogP contribution in [0.15, 0.2) is 18.2 Å². The second kappa shape index (κ2) is 6.88. The molecule has 2 atom stereocenters. The van der Waals surface area contributed by atoms with Gasteiger partial charge in [0.05, 0.1) is 5.02 Å². The maximum absolute atomic E-state index is 13.2. The molecule has 1 aliphatic rings. The molecule has 1 N–H and O–H groups in total. The Balaban J connectivity index is 1.83. The standard InChI is InChI=1S/C16H24ClFN2/c1-11(2)20-7-6-13(10-20)9-19-12(3)14-4-5-16(18)15(17)8-14/h4-5,8,11-13,19H,6-7,9-10H2,1-3H3. The van der Waals surface area contributed by atoms with Crippen molar-refractivity contribution in [1.29, 1.82) is 0 Å². The predicted molar refractivity (Wildman–Crippen MR) is 82.6 cm³/mol. The van der Waals surface area contributed by atoms with E-state index in [0.717, 1.165) is 12.1 Å². The number of likely N-dealkylation sites (tertiary alicyclic amines) is 1. The first-order chi connectivity index (χ1) is 9.47. The van der Waals surface area contributed by atoms with Crippen molar-refractivity contribution in [2.45, 2.75) is 39.3 Å². The van der Waals surface area contributed by atoms with Gasteiger partial charge in [0.15, 0.2) is 0 Å². The molecule has 1 aliphatic heterocycles. The molecule has 1 fully saturated rings. The Hall–Kier alpha value is -0.640. The summed E-state index contributed by atoms with van der Waals surface area (Å²) in [4.78, 5) is 2.52. The van der Waals surface area contributed by atoms with Crippen LogP contribution in [-0.4, -0.2) is 30.6 Å². The minimum Gasteiger partial charge on any atom is -0.310 e. The van der Waals surface area contributed by atoms with Gasteiger partial charge in [-0.1, -0.05) is 17.7 Å². The van der Waals surface area contributed by atoms with Crippen molar-refractivity contribution >= 4 is 11.6 Å². The average Bonchev–Trinajstić information content (AvgIpc) is 2.88. The van der Waals surface area contributed by atoms with Gasteiger partial charge in [0, 0.05) is 18.6 Å². The molecule has 1 saturated heterocycles. The summed E-state index contributed by atoms with van der Waals surface area (Å²) >= 11 is 5.83. The first-order valence-electron chi connectivity index (χ1n) is 7.39. The monoisotopic (exact) mass is 298 g/mol. The summed E-state index contributed by atoms with van der Waals surface area (Å²) < 4.78 is 13.2. The highest BCUT2D eigenvalue weighted by Crippen LogP contribution is 2.22. The molecule has 1 aromatic carbocycles.